The summed E-state index contributed by atoms with van der Waals surface area (Å²) in [6.07, 6.45) is 0. The van der Waals surface area contributed by atoms with Crippen molar-refractivity contribution in [1.82, 2.24) is 5.32 Å². The first-order valence-corrected chi connectivity index (χ1v) is 7.45. The van der Waals surface area contributed by atoms with Crippen LogP contribution < -0.4 is 5.32 Å². The highest BCUT2D eigenvalue weighted by Gasteiger charge is 2.00. The molecule has 5 heteroatoms. The van der Waals surface area contributed by atoms with Crippen molar-refractivity contribution in [3.8, 4) is 0 Å². The molecule has 0 bridgehead atoms. The van der Waals surface area contributed by atoms with E-state index in [1.807, 2.05) is 12.1 Å². The Kier molecular flexibility index (Phi) is 4.88. The summed E-state index contributed by atoms with van der Waals surface area (Å²) in [4.78, 5) is 1.30. The molecule has 0 aliphatic heterocycles. The van der Waals surface area contributed by atoms with Crippen LogP contribution in [-0.2, 0) is 13.1 Å². The van der Waals surface area contributed by atoms with Gasteiger partial charge < -0.3 is 5.32 Å². The molecule has 0 fully saturated rings. The molecule has 1 aromatic heterocycles. The Bertz CT molecular complexity index is 493. The van der Waals surface area contributed by atoms with Crippen LogP contribution in [0.1, 0.15) is 10.4 Å². The van der Waals surface area contributed by atoms with Gasteiger partial charge in [0.1, 0.15) is 0 Å². The minimum atomic E-state index is 0.674. The average Bonchev–Trinajstić information content (AvgIpc) is 2.63. The molecular formula is C12H10BrCl2NS. The number of nitrogens with one attached hydrogen (secondary N) is 1. The van der Waals surface area contributed by atoms with Crippen molar-refractivity contribution in [2.24, 2.45) is 0 Å². The summed E-state index contributed by atoms with van der Waals surface area (Å²) in [5, 5.41) is 6.78. The second-order valence-electron chi connectivity index (χ2n) is 3.61. The predicted molar refractivity (Wildman–Crippen MR) is 79.0 cm³/mol. The van der Waals surface area contributed by atoms with E-state index in [1.165, 1.54) is 4.88 Å². The summed E-state index contributed by atoms with van der Waals surface area (Å²) in [5.41, 5.74) is 1.10. The SMILES string of the molecule is Clc1cc(Cl)cc(CNCc2cc(Br)cs2)c1. The number of rotatable bonds is 4. The maximum Gasteiger partial charge on any atom is 0.0424 e. The van der Waals surface area contributed by atoms with Crippen molar-refractivity contribution < 1.29 is 0 Å². The van der Waals surface area contributed by atoms with E-state index in [-0.39, 0.29) is 0 Å². The van der Waals surface area contributed by atoms with E-state index in [1.54, 1.807) is 17.4 Å². The van der Waals surface area contributed by atoms with Crippen molar-refractivity contribution in [2.45, 2.75) is 13.1 Å². The van der Waals surface area contributed by atoms with Gasteiger partial charge >= 0.3 is 0 Å². The summed E-state index contributed by atoms with van der Waals surface area (Å²) < 4.78 is 1.13. The molecular weight excluding hydrogens is 341 g/mol. The molecule has 1 aromatic carbocycles. The molecule has 2 rings (SSSR count). The van der Waals surface area contributed by atoms with E-state index < -0.39 is 0 Å². The van der Waals surface area contributed by atoms with Crippen LogP contribution in [0.15, 0.2) is 34.1 Å². The predicted octanol–water partition coefficient (Wildman–Crippen LogP) is 5.11. The molecule has 0 unspecified atom stereocenters. The first kappa shape index (κ1) is 13.4. The minimum Gasteiger partial charge on any atom is -0.308 e. The number of halogens is 3. The first-order valence-electron chi connectivity index (χ1n) is 5.02. The lowest BCUT2D eigenvalue weighted by Gasteiger charge is -2.04. The van der Waals surface area contributed by atoms with Gasteiger partial charge in [0.05, 0.1) is 0 Å². The highest BCUT2D eigenvalue weighted by molar-refractivity contribution is 9.10. The third-order valence-corrected chi connectivity index (χ3v) is 4.31. The summed E-state index contributed by atoms with van der Waals surface area (Å²) >= 11 is 17.0. The number of benzene rings is 1. The quantitative estimate of drug-likeness (QED) is 0.808. The molecule has 0 amide bonds. The highest BCUT2D eigenvalue weighted by Crippen LogP contribution is 2.21. The van der Waals surface area contributed by atoms with Crippen molar-refractivity contribution in [3.05, 3.63) is 54.6 Å². The maximum absolute atomic E-state index is 5.93. The lowest BCUT2D eigenvalue weighted by Crippen LogP contribution is -2.11. The molecule has 0 aliphatic rings. The van der Waals surface area contributed by atoms with Crippen LogP contribution in [0.4, 0.5) is 0 Å². The second kappa shape index (κ2) is 6.21. The van der Waals surface area contributed by atoms with Crippen LogP contribution in [0.3, 0.4) is 0 Å². The molecule has 0 radical (unpaired) electrons. The van der Waals surface area contributed by atoms with Crippen LogP contribution in [0.25, 0.3) is 0 Å². The lowest BCUT2D eigenvalue weighted by molar-refractivity contribution is 0.701. The van der Waals surface area contributed by atoms with Gasteiger partial charge in [0.2, 0.25) is 0 Å². The third kappa shape index (κ3) is 4.27. The lowest BCUT2D eigenvalue weighted by atomic mass is 10.2. The molecule has 0 aliphatic carbocycles. The summed E-state index contributed by atoms with van der Waals surface area (Å²) in [6.45, 7) is 1.61. The van der Waals surface area contributed by atoms with Crippen molar-refractivity contribution in [3.63, 3.8) is 0 Å². The molecule has 17 heavy (non-hydrogen) atoms. The Balaban J connectivity index is 1.89. The third-order valence-electron chi connectivity index (χ3n) is 2.17. The topological polar surface area (TPSA) is 12.0 Å². The van der Waals surface area contributed by atoms with Crippen LogP contribution in [-0.4, -0.2) is 0 Å². The molecule has 0 saturated heterocycles. The molecule has 1 nitrogen and oxygen atoms in total. The summed E-state index contributed by atoms with van der Waals surface area (Å²) in [5.74, 6) is 0. The Morgan fingerprint density at radius 3 is 2.35 bits per heavy atom. The summed E-state index contributed by atoms with van der Waals surface area (Å²) in [6, 6.07) is 7.70. The van der Waals surface area contributed by atoms with Gasteiger partial charge in [-0.25, -0.2) is 0 Å². The molecule has 2 aromatic rings. The molecule has 0 atom stereocenters. The van der Waals surface area contributed by atoms with Gasteiger partial charge in [0.25, 0.3) is 0 Å². The van der Waals surface area contributed by atoms with Crippen LogP contribution in [0, 0.1) is 0 Å². The molecule has 0 spiro atoms. The van der Waals surface area contributed by atoms with Gasteiger partial charge in [0.15, 0.2) is 0 Å². The smallest absolute Gasteiger partial charge is 0.0424 e. The Morgan fingerprint density at radius 1 is 1.06 bits per heavy atom. The molecule has 0 saturated carbocycles. The van der Waals surface area contributed by atoms with Gasteiger partial charge in [-0.2, -0.15) is 0 Å². The second-order valence-corrected chi connectivity index (χ2v) is 6.40. The zero-order valence-electron chi connectivity index (χ0n) is 8.84. The van der Waals surface area contributed by atoms with E-state index >= 15 is 0 Å². The van der Waals surface area contributed by atoms with E-state index in [9.17, 15) is 0 Å². The monoisotopic (exact) mass is 349 g/mol. The van der Waals surface area contributed by atoms with Gasteiger partial charge in [-0.1, -0.05) is 23.2 Å². The molecule has 1 heterocycles. The van der Waals surface area contributed by atoms with Gasteiger partial charge in [0, 0.05) is 37.9 Å². The van der Waals surface area contributed by atoms with Crippen molar-refractivity contribution in [2.75, 3.05) is 0 Å². The summed E-state index contributed by atoms with van der Waals surface area (Å²) in [7, 11) is 0. The largest absolute Gasteiger partial charge is 0.308 e. The number of hydrogen-bond donors (Lipinski definition) is 1. The molecule has 1 N–H and O–H groups in total. The molecule has 90 valence electrons. The van der Waals surface area contributed by atoms with Crippen LogP contribution in [0.2, 0.25) is 10.0 Å². The average molecular weight is 351 g/mol. The van der Waals surface area contributed by atoms with E-state index in [0.717, 1.165) is 23.1 Å². The van der Waals surface area contributed by atoms with Gasteiger partial charge in [-0.3, -0.25) is 0 Å². The standard InChI is InChI=1S/C12H10BrCl2NS/c13-9-3-12(17-7-9)6-16-5-8-1-10(14)4-11(15)2-8/h1-4,7,16H,5-6H2. The normalized spacial score (nSPS) is 10.8. The van der Waals surface area contributed by atoms with Crippen molar-refractivity contribution >= 4 is 50.5 Å². The van der Waals surface area contributed by atoms with E-state index in [4.69, 9.17) is 23.2 Å². The van der Waals surface area contributed by atoms with Crippen LogP contribution in [0.5, 0.6) is 0 Å². The first-order chi connectivity index (χ1) is 8.13. The van der Waals surface area contributed by atoms with E-state index in [0.29, 0.717) is 10.0 Å². The van der Waals surface area contributed by atoms with Gasteiger partial charge in [-0.15, -0.1) is 11.3 Å². The highest BCUT2D eigenvalue weighted by atomic mass is 79.9. The Morgan fingerprint density at radius 2 is 1.76 bits per heavy atom. The Labute approximate surface area is 123 Å². The van der Waals surface area contributed by atoms with E-state index in [2.05, 4.69) is 32.7 Å². The van der Waals surface area contributed by atoms with Gasteiger partial charge in [-0.05, 0) is 45.8 Å². The maximum atomic E-state index is 5.93. The fourth-order valence-corrected chi connectivity index (χ4v) is 3.48. The zero-order chi connectivity index (χ0) is 12.3. The number of thiophene rings is 1. The minimum absolute atomic E-state index is 0.674. The fraction of sp³-hybridized carbons (Fsp3) is 0.167. The Hall–Kier alpha value is -0.0600. The van der Waals surface area contributed by atoms with Crippen LogP contribution >= 0.6 is 50.5 Å². The fourth-order valence-electron chi connectivity index (χ4n) is 1.49. The van der Waals surface area contributed by atoms with Crippen molar-refractivity contribution in [1.29, 1.82) is 0 Å². The zero-order valence-corrected chi connectivity index (χ0v) is 12.8. The number of hydrogen-bond acceptors (Lipinski definition) is 2.